The Morgan fingerprint density at radius 3 is 2.20 bits per heavy atom. The van der Waals surface area contributed by atoms with Crippen molar-refractivity contribution in [1.82, 2.24) is 14.5 Å². The number of rotatable bonds is 8. The predicted molar refractivity (Wildman–Crippen MR) is 116 cm³/mol. The molecule has 160 valence electrons. The molecular weight excluding hydrogens is 398 g/mol. The highest BCUT2D eigenvalue weighted by Gasteiger charge is 2.28. The van der Waals surface area contributed by atoms with Gasteiger partial charge in [0, 0.05) is 45.2 Å². The van der Waals surface area contributed by atoms with Crippen LogP contribution >= 0.6 is 0 Å². The second-order valence-electron chi connectivity index (χ2n) is 8.18. The first-order valence-electron chi connectivity index (χ1n) is 10.6. The van der Waals surface area contributed by atoms with Crippen LogP contribution < -0.4 is 4.72 Å². The number of nitrogens with zero attached hydrogens (tertiary/aromatic N) is 2. The van der Waals surface area contributed by atoms with E-state index < -0.39 is 10.0 Å². The summed E-state index contributed by atoms with van der Waals surface area (Å²) in [4.78, 5) is 17.2. The largest absolute Gasteiger partial charge is 0.340 e. The Bertz CT molecular complexity index is 949. The van der Waals surface area contributed by atoms with E-state index in [1.165, 1.54) is 5.56 Å². The molecule has 2 aromatic carbocycles. The first kappa shape index (κ1) is 21.0. The molecule has 0 unspecified atom stereocenters. The van der Waals surface area contributed by atoms with Crippen LogP contribution in [0.4, 0.5) is 0 Å². The third kappa shape index (κ3) is 5.68. The molecule has 2 fully saturated rings. The summed E-state index contributed by atoms with van der Waals surface area (Å²) in [5.41, 5.74) is 2.28. The Labute approximate surface area is 178 Å². The molecule has 1 aliphatic carbocycles. The van der Waals surface area contributed by atoms with Gasteiger partial charge < -0.3 is 4.90 Å². The van der Waals surface area contributed by atoms with Crippen LogP contribution in [0, 0.1) is 0 Å². The molecule has 1 heterocycles. The van der Waals surface area contributed by atoms with Crippen molar-refractivity contribution < 1.29 is 13.2 Å². The average molecular weight is 428 g/mol. The zero-order chi connectivity index (χ0) is 21.0. The minimum Gasteiger partial charge on any atom is -0.340 e. The van der Waals surface area contributed by atoms with Crippen molar-refractivity contribution in [3.05, 3.63) is 65.7 Å². The quantitative estimate of drug-likeness (QED) is 0.702. The molecular formula is C23H29N3O3S. The van der Waals surface area contributed by atoms with E-state index in [0.717, 1.165) is 51.1 Å². The highest BCUT2D eigenvalue weighted by Crippen LogP contribution is 2.22. The van der Waals surface area contributed by atoms with E-state index in [1.54, 1.807) is 12.1 Å². The summed E-state index contributed by atoms with van der Waals surface area (Å²) in [6.45, 7) is 4.22. The fraction of sp³-hybridized carbons (Fsp3) is 0.435. The van der Waals surface area contributed by atoms with E-state index in [2.05, 4.69) is 33.9 Å². The molecule has 1 N–H and O–H groups in total. The topological polar surface area (TPSA) is 69.7 Å². The first-order valence-corrected chi connectivity index (χ1v) is 12.1. The summed E-state index contributed by atoms with van der Waals surface area (Å²) in [5.74, 6) is 0.168. The van der Waals surface area contributed by atoms with Gasteiger partial charge in [-0.15, -0.1) is 0 Å². The van der Waals surface area contributed by atoms with Gasteiger partial charge in [-0.25, -0.2) is 13.1 Å². The summed E-state index contributed by atoms with van der Waals surface area (Å²) in [5, 5.41) is 0. The number of benzene rings is 2. The zero-order valence-electron chi connectivity index (χ0n) is 17.2. The van der Waals surface area contributed by atoms with Gasteiger partial charge >= 0.3 is 0 Å². The molecule has 2 aromatic rings. The summed E-state index contributed by atoms with van der Waals surface area (Å²) in [6, 6.07) is 17.4. The van der Waals surface area contributed by atoms with Crippen molar-refractivity contribution in [2.24, 2.45) is 0 Å². The van der Waals surface area contributed by atoms with Crippen LogP contribution in [0.1, 0.15) is 30.4 Å². The third-order valence-corrected chi connectivity index (χ3v) is 7.27. The van der Waals surface area contributed by atoms with Crippen LogP contribution in [0.25, 0.3) is 0 Å². The standard InChI is InChI=1S/C23H29N3O3S/c27-23(26-16-14-25(15-17-26)18-20-4-2-1-3-5-20)13-8-19-6-11-22(12-7-19)30(28,29)24-21-9-10-21/h1-7,11-12,21,24H,8-10,13-18H2. The maximum Gasteiger partial charge on any atom is 0.240 e. The highest BCUT2D eigenvalue weighted by molar-refractivity contribution is 7.89. The van der Waals surface area contributed by atoms with E-state index in [4.69, 9.17) is 0 Å². The molecule has 0 aromatic heterocycles. The second kappa shape index (κ2) is 9.29. The normalized spacial score (nSPS) is 17.8. The zero-order valence-corrected chi connectivity index (χ0v) is 18.0. The van der Waals surface area contributed by atoms with E-state index in [0.29, 0.717) is 17.7 Å². The number of carbonyl (C=O) groups is 1. The van der Waals surface area contributed by atoms with Gasteiger partial charge in [0.25, 0.3) is 0 Å². The molecule has 7 heteroatoms. The molecule has 1 aliphatic heterocycles. The van der Waals surface area contributed by atoms with Crippen LogP contribution in [-0.4, -0.2) is 56.3 Å². The van der Waals surface area contributed by atoms with E-state index in [9.17, 15) is 13.2 Å². The Morgan fingerprint density at radius 1 is 0.900 bits per heavy atom. The predicted octanol–water partition coefficient (Wildman–Crippen LogP) is 2.40. The molecule has 0 atom stereocenters. The molecule has 1 amide bonds. The lowest BCUT2D eigenvalue weighted by atomic mass is 10.1. The fourth-order valence-corrected chi connectivity index (χ4v) is 5.04. The Kier molecular flexibility index (Phi) is 6.51. The highest BCUT2D eigenvalue weighted by atomic mass is 32.2. The number of piperazine rings is 1. The van der Waals surface area contributed by atoms with Gasteiger partial charge in [0.1, 0.15) is 0 Å². The van der Waals surface area contributed by atoms with Gasteiger partial charge in [-0.3, -0.25) is 9.69 Å². The lowest BCUT2D eigenvalue weighted by molar-refractivity contribution is -0.133. The van der Waals surface area contributed by atoms with Gasteiger partial charge in [-0.05, 0) is 42.5 Å². The van der Waals surface area contributed by atoms with Gasteiger partial charge in [0.05, 0.1) is 4.90 Å². The van der Waals surface area contributed by atoms with Crippen molar-refractivity contribution in [2.45, 2.75) is 43.2 Å². The molecule has 0 bridgehead atoms. The number of hydrogen-bond acceptors (Lipinski definition) is 4. The van der Waals surface area contributed by atoms with Gasteiger partial charge in [-0.1, -0.05) is 42.5 Å². The summed E-state index contributed by atoms with van der Waals surface area (Å²) < 4.78 is 27.2. The van der Waals surface area contributed by atoms with Crippen molar-refractivity contribution in [1.29, 1.82) is 0 Å². The van der Waals surface area contributed by atoms with Crippen LogP contribution in [0.3, 0.4) is 0 Å². The van der Waals surface area contributed by atoms with E-state index >= 15 is 0 Å². The summed E-state index contributed by atoms with van der Waals surface area (Å²) in [7, 11) is -3.42. The molecule has 1 saturated carbocycles. The third-order valence-electron chi connectivity index (χ3n) is 5.73. The van der Waals surface area contributed by atoms with Crippen LogP contribution in [0.15, 0.2) is 59.5 Å². The number of amides is 1. The Morgan fingerprint density at radius 2 is 1.57 bits per heavy atom. The maximum atomic E-state index is 12.6. The van der Waals surface area contributed by atoms with Crippen molar-refractivity contribution >= 4 is 15.9 Å². The minimum absolute atomic E-state index is 0.0976. The van der Waals surface area contributed by atoms with Crippen LogP contribution in [0.2, 0.25) is 0 Å². The molecule has 0 radical (unpaired) electrons. The SMILES string of the molecule is O=C(CCc1ccc(S(=O)(=O)NC2CC2)cc1)N1CCN(Cc2ccccc2)CC1. The maximum absolute atomic E-state index is 12.6. The van der Waals surface area contributed by atoms with E-state index in [-0.39, 0.29) is 11.9 Å². The van der Waals surface area contributed by atoms with Crippen molar-refractivity contribution in [3.8, 4) is 0 Å². The number of hydrogen-bond donors (Lipinski definition) is 1. The van der Waals surface area contributed by atoms with Gasteiger partial charge in [-0.2, -0.15) is 0 Å². The van der Waals surface area contributed by atoms with Crippen molar-refractivity contribution in [2.75, 3.05) is 26.2 Å². The number of carbonyl (C=O) groups excluding carboxylic acids is 1. The molecule has 30 heavy (non-hydrogen) atoms. The minimum atomic E-state index is -3.42. The van der Waals surface area contributed by atoms with Gasteiger partial charge in [0.2, 0.25) is 15.9 Å². The smallest absolute Gasteiger partial charge is 0.240 e. The lowest BCUT2D eigenvalue weighted by Gasteiger charge is -2.34. The summed E-state index contributed by atoms with van der Waals surface area (Å²) in [6.07, 6.45) is 2.91. The number of aryl methyl sites for hydroxylation is 1. The first-order chi connectivity index (χ1) is 14.5. The van der Waals surface area contributed by atoms with Crippen LogP contribution in [-0.2, 0) is 27.8 Å². The second-order valence-corrected chi connectivity index (χ2v) is 9.90. The molecule has 1 saturated heterocycles. The van der Waals surface area contributed by atoms with Gasteiger partial charge in [0.15, 0.2) is 0 Å². The van der Waals surface area contributed by atoms with E-state index in [1.807, 2.05) is 23.1 Å². The summed E-state index contributed by atoms with van der Waals surface area (Å²) >= 11 is 0. The number of sulfonamides is 1. The monoisotopic (exact) mass is 427 g/mol. The Balaban J connectivity index is 1.22. The molecule has 6 nitrogen and oxygen atoms in total. The Hall–Kier alpha value is -2.22. The molecule has 4 rings (SSSR count). The van der Waals surface area contributed by atoms with Crippen molar-refractivity contribution in [3.63, 3.8) is 0 Å². The lowest BCUT2D eigenvalue weighted by Crippen LogP contribution is -2.48. The number of nitrogens with one attached hydrogen (secondary N) is 1. The fourth-order valence-electron chi connectivity index (χ4n) is 3.73. The average Bonchev–Trinajstić information content (AvgIpc) is 3.57. The molecule has 2 aliphatic rings. The molecule has 0 spiro atoms. The van der Waals surface area contributed by atoms with Crippen LogP contribution in [0.5, 0.6) is 0 Å².